The summed E-state index contributed by atoms with van der Waals surface area (Å²) in [5.74, 6) is 0.650. The van der Waals surface area contributed by atoms with Crippen molar-refractivity contribution in [2.24, 2.45) is 4.99 Å². The molecule has 0 aromatic rings. The number of thiol groups is 1. The molecular weight excluding hydrogens is 150 g/mol. The van der Waals surface area contributed by atoms with Crippen LogP contribution in [0.3, 0.4) is 0 Å². The van der Waals surface area contributed by atoms with E-state index in [4.69, 9.17) is 4.74 Å². The quantitative estimate of drug-likeness (QED) is 0.212. The molecular formula is C6H9NO2S. The molecule has 0 unspecified atom stereocenters. The molecule has 0 aliphatic rings. The third-order valence-corrected chi connectivity index (χ3v) is 0.894. The minimum absolute atomic E-state index is 0.362. The van der Waals surface area contributed by atoms with Gasteiger partial charge in [0, 0.05) is 5.75 Å². The Morgan fingerprint density at radius 2 is 2.50 bits per heavy atom. The van der Waals surface area contributed by atoms with Crippen molar-refractivity contribution in [3.63, 3.8) is 0 Å². The average Bonchev–Trinajstić information content (AvgIpc) is 1.97. The largest absolute Gasteiger partial charge is 0.500 e. The second kappa shape index (κ2) is 8.27. The third kappa shape index (κ3) is 7.27. The smallest absolute Gasteiger partial charge is 0.235 e. The molecule has 56 valence electrons. The second-order valence-corrected chi connectivity index (χ2v) is 1.76. The van der Waals surface area contributed by atoms with Gasteiger partial charge < -0.3 is 4.74 Å². The van der Waals surface area contributed by atoms with Crippen molar-refractivity contribution in [2.75, 3.05) is 18.9 Å². The summed E-state index contributed by atoms with van der Waals surface area (Å²) < 4.78 is 4.87. The van der Waals surface area contributed by atoms with Crippen LogP contribution in [0.1, 0.15) is 0 Å². The van der Waals surface area contributed by atoms with Gasteiger partial charge in [0.05, 0.1) is 12.8 Å². The Balaban J connectivity index is 3.04. The second-order valence-electron chi connectivity index (χ2n) is 1.40. The Hall–Kier alpha value is -0.730. The van der Waals surface area contributed by atoms with Crippen molar-refractivity contribution in [1.82, 2.24) is 0 Å². The van der Waals surface area contributed by atoms with Crippen LogP contribution in [0.4, 0.5) is 0 Å². The van der Waals surface area contributed by atoms with Crippen LogP contribution in [-0.2, 0) is 9.53 Å². The zero-order valence-corrected chi connectivity index (χ0v) is 6.38. The van der Waals surface area contributed by atoms with Gasteiger partial charge in [-0.15, -0.1) is 0 Å². The van der Waals surface area contributed by atoms with Gasteiger partial charge >= 0.3 is 0 Å². The number of carbonyl (C=O) groups excluding carboxylic acids is 1. The van der Waals surface area contributed by atoms with E-state index >= 15 is 0 Å². The lowest BCUT2D eigenvalue weighted by molar-refractivity contribution is 0.259. The van der Waals surface area contributed by atoms with Crippen LogP contribution >= 0.6 is 12.6 Å². The maximum Gasteiger partial charge on any atom is 0.235 e. The summed E-state index contributed by atoms with van der Waals surface area (Å²) in [5.41, 5.74) is 0. The fourth-order valence-electron chi connectivity index (χ4n) is 0.323. The van der Waals surface area contributed by atoms with Crippen LogP contribution in [0.2, 0.25) is 0 Å². The molecule has 0 bridgehead atoms. The Kier molecular flexibility index (Phi) is 7.67. The van der Waals surface area contributed by atoms with Crippen LogP contribution in [0, 0.1) is 0 Å². The first kappa shape index (κ1) is 9.27. The molecule has 0 rings (SSSR count). The van der Waals surface area contributed by atoms with Gasteiger partial charge in [-0.1, -0.05) is 0 Å². The van der Waals surface area contributed by atoms with Gasteiger partial charge in [0.1, 0.15) is 6.61 Å². The number of isocyanates is 1. The number of ether oxygens (including phenoxy) is 1. The van der Waals surface area contributed by atoms with E-state index < -0.39 is 0 Å². The molecule has 3 nitrogen and oxygen atoms in total. The molecule has 0 aromatic carbocycles. The summed E-state index contributed by atoms with van der Waals surface area (Å²) in [6, 6.07) is 0. The fraction of sp³-hybridized carbons (Fsp3) is 0.500. The number of rotatable bonds is 5. The molecule has 0 fully saturated rings. The van der Waals surface area contributed by atoms with E-state index in [-0.39, 0.29) is 0 Å². The van der Waals surface area contributed by atoms with E-state index in [1.54, 1.807) is 6.08 Å². The van der Waals surface area contributed by atoms with Gasteiger partial charge in [0.2, 0.25) is 6.08 Å². The van der Waals surface area contributed by atoms with Crippen molar-refractivity contribution in [1.29, 1.82) is 0 Å². The Morgan fingerprint density at radius 1 is 1.70 bits per heavy atom. The number of hydrogen-bond donors (Lipinski definition) is 1. The van der Waals surface area contributed by atoms with Gasteiger partial charge in [-0.05, 0) is 6.08 Å². The topological polar surface area (TPSA) is 38.7 Å². The lowest BCUT2D eigenvalue weighted by atomic mass is 10.7. The van der Waals surface area contributed by atoms with Crippen molar-refractivity contribution in [3.05, 3.63) is 12.3 Å². The molecule has 0 spiro atoms. The molecule has 0 aliphatic heterocycles. The summed E-state index contributed by atoms with van der Waals surface area (Å²) in [6.07, 6.45) is 4.71. The van der Waals surface area contributed by atoms with Crippen LogP contribution in [0.5, 0.6) is 0 Å². The van der Waals surface area contributed by atoms with Crippen LogP contribution in [0.25, 0.3) is 0 Å². The van der Waals surface area contributed by atoms with Gasteiger partial charge in [-0.3, -0.25) is 0 Å². The Bertz CT molecular complexity index is 141. The zero-order valence-electron chi connectivity index (χ0n) is 5.49. The summed E-state index contributed by atoms with van der Waals surface area (Å²) in [5, 5.41) is 0. The molecule has 0 heterocycles. The van der Waals surface area contributed by atoms with E-state index in [9.17, 15) is 4.79 Å². The molecule has 0 radical (unpaired) electrons. The highest BCUT2D eigenvalue weighted by Gasteiger charge is 1.77. The Morgan fingerprint density at radius 3 is 3.10 bits per heavy atom. The lowest BCUT2D eigenvalue weighted by Crippen LogP contribution is -1.90. The monoisotopic (exact) mass is 159 g/mol. The molecule has 0 aromatic heterocycles. The normalized spacial score (nSPS) is 9.30. The molecule has 10 heavy (non-hydrogen) atoms. The molecule has 4 heteroatoms. The Labute approximate surface area is 65.2 Å². The van der Waals surface area contributed by atoms with E-state index in [1.165, 1.54) is 12.3 Å². The molecule has 0 atom stereocenters. The predicted molar refractivity (Wildman–Crippen MR) is 41.9 cm³/mol. The highest BCUT2D eigenvalue weighted by Crippen LogP contribution is 1.80. The third-order valence-electron chi connectivity index (χ3n) is 0.683. The van der Waals surface area contributed by atoms with Crippen molar-refractivity contribution in [3.8, 4) is 0 Å². The predicted octanol–water partition coefficient (Wildman–Crippen LogP) is 0.782. The van der Waals surface area contributed by atoms with E-state index in [0.717, 1.165) is 0 Å². The summed E-state index contributed by atoms with van der Waals surface area (Å²) in [4.78, 5) is 12.8. The summed E-state index contributed by atoms with van der Waals surface area (Å²) in [7, 11) is 0. The van der Waals surface area contributed by atoms with Crippen LogP contribution in [0.15, 0.2) is 17.3 Å². The van der Waals surface area contributed by atoms with Gasteiger partial charge in [-0.25, -0.2) is 9.79 Å². The molecule has 0 saturated carbocycles. The maximum absolute atomic E-state index is 9.52. The van der Waals surface area contributed by atoms with Crippen molar-refractivity contribution >= 4 is 18.7 Å². The van der Waals surface area contributed by atoms with Gasteiger partial charge in [-0.2, -0.15) is 12.6 Å². The van der Waals surface area contributed by atoms with Crippen LogP contribution in [-0.4, -0.2) is 25.0 Å². The first-order chi connectivity index (χ1) is 4.91. The summed E-state index contributed by atoms with van der Waals surface area (Å²) in [6.45, 7) is 0.778. The molecule has 0 amide bonds. The standard InChI is InChI=1S/C6H9NO2S/c8-6-7-2-4-9-3-1-5-10/h1,3,10H,2,4-5H2. The number of hydrogen-bond acceptors (Lipinski definition) is 4. The zero-order chi connectivity index (χ0) is 7.66. The van der Waals surface area contributed by atoms with Crippen molar-refractivity contribution < 1.29 is 9.53 Å². The molecule has 0 aliphatic carbocycles. The minimum Gasteiger partial charge on any atom is -0.500 e. The first-order valence-corrected chi connectivity index (χ1v) is 3.46. The maximum atomic E-state index is 9.52. The average molecular weight is 159 g/mol. The minimum atomic E-state index is 0.362. The molecule has 0 saturated heterocycles. The summed E-state index contributed by atoms with van der Waals surface area (Å²) >= 11 is 3.91. The highest BCUT2D eigenvalue weighted by molar-refractivity contribution is 7.80. The van der Waals surface area contributed by atoms with E-state index in [2.05, 4.69) is 17.6 Å². The van der Waals surface area contributed by atoms with E-state index in [0.29, 0.717) is 18.9 Å². The van der Waals surface area contributed by atoms with E-state index in [1.807, 2.05) is 0 Å². The SMILES string of the molecule is O=C=NCCOC=CCS. The lowest BCUT2D eigenvalue weighted by Gasteiger charge is -1.92. The van der Waals surface area contributed by atoms with Gasteiger partial charge in [0.25, 0.3) is 0 Å². The fourth-order valence-corrected chi connectivity index (χ4v) is 0.409. The molecule has 0 N–H and O–H groups in total. The van der Waals surface area contributed by atoms with Crippen molar-refractivity contribution in [2.45, 2.75) is 0 Å². The highest BCUT2D eigenvalue weighted by atomic mass is 32.1. The number of aliphatic imine (C=N–C) groups is 1. The first-order valence-electron chi connectivity index (χ1n) is 2.83. The number of nitrogens with zero attached hydrogens (tertiary/aromatic N) is 1. The van der Waals surface area contributed by atoms with Gasteiger partial charge in [0.15, 0.2) is 0 Å². The van der Waals surface area contributed by atoms with Crippen LogP contribution < -0.4 is 0 Å².